The highest BCUT2D eigenvalue weighted by molar-refractivity contribution is 7.51. The van der Waals surface area contributed by atoms with Crippen molar-refractivity contribution >= 4 is 24.4 Å². The summed E-state index contributed by atoms with van der Waals surface area (Å²) in [6.45, 7) is 5.62. The summed E-state index contributed by atoms with van der Waals surface area (Å²) in [7, 11) is -4.20. The second-order valence-electron chi connectivity index (χ2n) is 7.88. The van der Waals surface area contributed by atoms with E-state index in [1.165, 1.54) is 6.07 Å². The largest absolute Gasteiger partial charge is 0.364 e. The lowest BCUT2D eigenvalue weighted by Crippen LogP contribution is -2.35. The Morgan fingerprint density at radius 2 is 1.97 bits per heavy atom. The van der Waals surface area contributed by atoms with Crippen molar-refractivity contribution in [3.8, 4) is 11.4 Å². The first-order valence-electron chi connectivity index (χ1n) is 8.91. The Hall–Kier alpha value is -2.42. The van der Waals surface area contributed by atoms with E-state index in [-0.39, 0.29) is 24.2 Å². The minimum absolute atomic E-state index is 0.0978. The zero-order chi connectivity index (χ0) is 21.4. The lowest BCUT2D eigenvalue weighted by Gasteiger charge is -2.32. The predicted molar refractivity (Wildman–Crippen MR) is 105 cm³/mol. The van der Waals surface area contributed by atoms with Gasteiger partial charge in [0.25, 0.3) is 0 Å². The number of rotatable bonds is 6. The maximum Gasteiger partial charge on any atom is 0.325 e. The SMILES string of the molecule is CC(C)(C)[C@@H](CCP(=O)(O)O)Nc1nc(-c2c[nH]c3ncc(F)cc23)ncc1F. The van der Waals surface area contributed by atoms with E-state index < -0.39 is 30.7 Å². The second kappa shape index (κ2) is 7.78. The van der Waals surface area contributed by atoms with Gasteiger partial charge in [-0.05, 0) is 17.9 Å². The summed E-state index contributed by atoms with van der Waals surface area (Å²) in [5.74, 6) is -1.16. The van der Waals surface area contributed by atoms with Crippen LogP contribution in [0.3, 0.4) is 0 Å². The molecule has 0 unspecified atom stereocenters. The Kier molecular flexibility index (Phi) is 5.71. The lowest BCUT2D eigenvalue weighted by molar-refractivity contribution is 0.321. The number of H-pyrrole nitrogens is 1. The van der Waals surface area contributed by atoms with E-state index in [2.05, 4.69) is 25.3 Å². The number of nitrogens with one attached hydrogen (secondary N) is 2. The van der Waals surface area contributed by atoms with Gasteiger partial charge in [0.1, 0.15) is 11.5 Å². The van der Waals surface area contributed by atoms with Crippen molar-refractivity contribution in [1.82, 2.24) is 19.9 Å². The number of hydrogen-bond donors (Lipinski definition) is 4. The number of fused-ring (bicyclic) bond motifs is 1. The van der Waals surface area contributed by atoms with Crippen molar-refractivity contribution in [2.24, 2.45) is 5.41 Å². The van der Waals surface area contributed by atoms with Gasteiger partial charge in [0.2, 0.25) is 0 Å². The van der Waals surface area contributed by atoms with E-state index in [0.717, 1.165) is 12.4 Å². The fraction of sp³-hybridized carbons (Fsp3) is 0.389. The van der Waals surface area contributed by atoms with Crippen LogP contribution in [0.15, 0.2) is 24.7 Å². The number of anilines is 1. The molecule has 0 amide bonds. The van der Waals surface area contributed by atoms with Crippen LogP contribution in [0.4, 0.5) is 14.6 Å². The first-order chi connectivity index (χ1) is 13.4. The summed E-state index contributed by atoms with van der Waals surface area (Å²) in [6, 6.07) is 0.820. The molecule has 3 heterocycles. The highest BCUT2D eigenvalue weighted by Gasteiger charge is 2.28. The normalized spacial score (nSPS) is 13.6. The second-order valence-corrected chi connectivity index (χ2v) is 9.66. The van der Waals surface area contributed by atoms with Gasteiger partial charge in [-0.25, -0.2) is 23.7 Å². The number of nitrogens with zero attached hydrogens (tertiary/aromatic N) is 3. The first-order valence-corrected chi connectivity index (χ1v) is 10.7. The Bertz CT molecular complexity index is 1080. The molecular formula is C18H22F2N5O3P. The fourth-order valence-corrected chi connectivity index (χ4v) is 3.54. The Morgan fingerprint density at radius 1 is 1.24 bits per heavy atom. The summed E-state index contributed by atoms with van der Waals surface area (Å²) in [4.78, 5) is 33.4. The van der Waals surface area contributed by atoms with Crippen LogP contribution in [-0.4, -0.2) is 41.9 Å². The molecule has 0 saturated heterocycles. The summed E-state index contributed by atoms with van der Waals surface area (Å²) in [5.41, 5.74) is 0.469. The minimum atomic E-state index is -4.20. The Morgan fingerprint density at radius 3 is 2.62 bits per heavy atom. The molecule has 3 rings (SSSR count). The molecule has 11 heteroatoms. The Balaban J connectivity index is 1.95. The van der Waals surface area contributed by atoms with E-state index in [0.29, 0.717) is 16.6 Å². The van der Waals surface area contributed by atoms with Crippen LogP contribution in [0, 0.1) is 17.0 Å². The first kappa shape index (κ1) is 21.3. The van der Waals surface area contributed by atoms with Gasteiger partial charge in [-0.3, -0.25) is 4.57 Å². The molecule has 0 aliphatic carbocycles. The van der Waals surface area contributed by atoms with Gasteiger partial charge in [-0.1, -0.05) is 20.8 Å². The molecule has 3 aromatic heterocycles. The minimum Gasteiger partial charge on any atom is -0.364 e. The van der Waals surface area contributed by atoms with Crippen LogP contribution in [0.25, 0.3) is 22.4 Å². The molecular weight excluding hydrogens is 403 g/mol. The molecule has 0 saturated carbocycles. The summed E-state index contributed by atoms with van der Waals surface area (Å²) in [6.07, 6.45) is 3.42. The highest BCUT2D eigenvalue weighted by Crippen LogP contribution is 2.38. The monoisotopic (exact) mass is 425 g/mol. The van der Waals surface area contributed by atoms with E-state index in [1.54, 1.807) is 6.20 Å². The average molecular weight is 425 g/mol. The summed E-state index contributed by atoms with van der Waals surface area (Å²) in [5, 5.41) is 3.41. The van der Waals surface area contributed by atoms with Crippen LogP contribution in [0.2, 0.25) is 0 Å². The van der Waals surface area contributed by atoms with Gasteiger partial charge >= 0.3 is 7.60 Å². The van der Waals surface area contributed by atoms with E-state index in [9.17, 15) is 23.1 Å². The molecule has 0 aromatic carbocycles. The van der Waals surface area contributed by atoms with Gasteiger partial charge in [-0.2, -0.15) is 0 Å². The molecule has 0 radical (unpaired) electrons. The van der Waals surface area contributed by atoms with Crippen molar-refractivity contribution < 1.29 is 23.1 Å². The van der Waals surface area contributed by atoms with Gasteiger partial charge in [0.15, 0.2) is 17.5 Å². The maximum atomic E-state index is 14.4. The molecule has 29 heavy (non-hydrogen) atoms. The lowest BCUT2D eigenvalue weighted by atomic mass is 9.85. The van der Waals surface area contributed by atoms with Crippen LogP contribution >= 0.6 is 7.60 Å². The molecule has 1 atom stereocenters. The zero-order valence-electron chi connectivity index (χ0n) is 16.1. The molecule has 156 valence electrons. The molecule has 0 aliphatic heterocycles. The number of hydrogen-bond acceptors (Lipinski definition) is 5. The number of pyridine rings is 1. The zero-order valence-corrected chi connectivity index (χ0v) is 17.0. The van der Waals surface area contributed by atoms with Crippen LogP contribution < -0.4 is 5.32 Å². The molecule has 4 N–H and O–H groups in total. The van der Waals surface area contributed by atoms with Gasteiger partial charge in [-0.15, -0.1) is 0 Å². The van der Waals surface area contributed by atoms with Gasteiger partial charge in [0.05, 0.1) is 18.6 Å². The predicted octanol–water partition coefficient (Wildman–Crippen LogP) is 3.69. The van der Waals surface area contributed by atoms with Gasteiger partial charge in [0, 0.05) is 23.2 Å². The van der Waals surface area contributed by atoms with Crippen molar-refractivity contribution in [3.05, 3.63) is 36.3 Å². The summed E-state index contributed by atoms with van der Waals surface area (Å²) >= 11 is 0. The number of halogens is 2. The smallest absolute Gasteiger partial charge is 0.325 e. The van der Waals surface area contributed by atoms with Crippen LogP contribution in [0.1, 0.15) is 27.2 Å². The third kappa shape index (κ3) is 5.14. The quantitative estimate of drug-likeness (QED) is 0.444. The van der Waals surface area contributed by atoms with Crippen LogP contribution in [0.5, 0.6) is 0 Å². The molecule has 0 bridgehead atoms. The fourth-order valence-electron chi connectivity index (χ4n) is 2.94. The molecule has 0 aliphatic rings. The number of aromatic amines is 1. The third-order valence-electron chi connectivity index (χ3n) is 4.55. The highest BCUT2D eigenvalue weighted by atomic mass is 31.2. The topological polar surface area (TPSA) is 124 Å². The van der Waals surface area contributed by atoms with Crippen molar-refractivity contribution in [2.45, 2.75) is 33.2 Å². The third-order valence-corrected chi connectivity index (χ3v) is 5.39. The van der Waals surface area contributed by atoms with Gasteiger partial charge < -0.3 is 20.1 Å². The Labute approximate surface area is 166 Å². The molecule has 3 aromatic rings. The van der Waals surface area contributed by atoms with Crippen molar-refractivity contribution in [3.63, 3.8) is 0 Å². The van der Waals surface area contributed by atoms with Crippen LogP contribution in [-0.2, 0) is 4.57 Å². The standard InChI is InChI=1S/C18H22F2N5O3P/c1-18(2,3)14(4-5-29(26,27)28)24-17-13(20)9-23-16(25-17)12-8-22-15-11(12)6-10(19)7-21-15/h6-9,14H,4-5H2,1-3H3,(H,21,22)(H,23,24,25)(H2,26,27,28)/t14-/m1/s1. The molecule has 0 spiro atoms. The van der Waals surface area contributed by atoms with Crippen molar-refractivity contribution in [2.75, 3.05) is 11.5 Å². The van der Waals surface area contributed by atoms with E-state index in [1.807, 2.05) is 20.8 Å². The molecule has 8 nitrogen and oxygen atoms in total. The molecule has 0 fully saturated rings. The van der Waals surface area contributed by atoms with E-state index >= 15 is 0 Å². The van der Waals surface area contributed by atoms with E-state index in [4.69, 9.17) is 0 Å². The maximum absolute atomic E-state index is 14.4. The van der Waals surface area contributed by atoms with Crippen molar-refractivity contribution in [1.29, 1.82) is 0 Å². The average Bonchev–Trinajstić information content (AvgIpc) is 3.01. The number of aromatic nitrogens is 4. The summed E-state index contributed by atoms with van der Waals surface area (Å²) < 4.78 is 39.2.